The predicted molar refractivity (Wildman–Crippen MR) is 230 cm³/mol. The van der Waals surface area contributed by atoms with Gasteiger partial charge in [0.25, 0.3) is 0 Å². The minimum absolute atomic E-state index is 0.585. The van der Waals surface area contributed by atoms with E-state index in [-0.39, 0.29) is 0 Å². The Morgan fingerprint density at radius 1 is 0.407 bits per heavy atom. The molecule has 4 nitrogen and oxygen atoms in total. The zero-order chi connectivity index (χ0) is 36.2. The number of hydrogen-bond acceptors (Lipinski definition) is 4. The van der Waals surface area contributed by atoms with Gasteiger partial charge in [-0.3, -0.25) is 4.57 Å². The molecule has 0 radical (unpaired) electrons. The Morgan fingerprint density at radius 2 is 1.04 bits per heavy atom. The quantitative estimate of drug-likeness (QED) is 0.183. The van der Waals surface area contributed by atoms with Gasteiger partial charge in [0.2, 0.25) is 5.95 Å². The summed E-state index contributed by atoms with van der Waals surface area (Å²) in [4.78, 5) is 15.7. The summed E-state index contributed by atoms with van der Waals surface area (Å²) < 4.78 is 4.85. The first kappa shape index (κ1) is 32.0. The Kier molecular flexibility index (Phi) is 7.74. The summed E-state index contributed by atoms with van der Waals surface area (Å²) in [7, 11) is 0. The number of nitrogens with zero attached hydrogens (tertiary/aromatic N) is 4. The summed E-state index contributed by atoms with van der Waals surface area (Å²) in [5.41, 5.74) is 6.29. The monoisotopic (exact) mass is 710 g/mol. The Hall–Kier alpha value is -6.69. The van der Waals surface area contributed by atoms with E-state index in [2.05, 4.69) is 156 Å². The molecule has 0 fully saturated rings. The third kappa shape index (κ3) is 5.24. The molecule has 5 heteroatoms. The number of benzene rings is 8. The highest BCUT2D eigenvalue weighted by atomic mass is 32.1. The van der Waals surface area contributed by atoms with Gasteiger partial charge < -0.3 is 0 Å². The lowest BCUT2D eigenvalue weighted by atomic mass is 9.99. The summed E-state index contributed by atoms with van der Waals surface area (Å²) in [5.74, 6) is 1.85. The van der Waals surface area contributed by atoms with Gasteiger partial charge in [0, 0.05) is 47.6 Å². The summed E-state index contributed by atoms with van der Waals surface area (Å²) in [6, 6.07) is 60.4. The molecule has 0 aliphatic heterocycles. The first-order valence-corrected chi connectivity index (χ1v) is 19.3. The van der Waals surface area contributed by atoms with E-state index in [1.807, 2.05) is 43.4 Å². The van der Waals surface area contributed by atoms with Crippen molar-refractivity contribution in [1.82, 2.24) is 19.5 Å². The lowest BCUT2D eigenvalue weighted by Gasteiger charge is -2.13. The maximum atomic E-state index is 5.32. The van der Waals surface area contributed by atoms with Gasteiger partial charge in [0.15, 0.2) is 11.6 Å². The van der Waals surface area contributed by atoms with Crippen LogP contribution < -0.4 is 0 Å². The van der Waals surface area contributed by atoms with E-state index in [4.69, 9.17) is 15.0 Å². The van der Waals surface area contributed by atoms with Gasteiger partial charge in [-0.05, 0) is 63.5 Å². The van der Waals surface area contributed by atoms with Crippen LogP contribution in [0.1, 0.15) is 13.8 Å². The van der Waals surface area contributed by atoms with Crippen molar-refractivity contribution in [2.24, 2.45) is 0 Å². The summed E-state index contributed by atoms with van der Waals surface area (Å²) in [6.07, 6.45) is 0. The van der Waals surface area contributed by atoms with E-state index >= 15 is 0 Å². The maximum absolute atomic E-state index is 5.32. The summed E-state index contributed by atoms with van der Waals surface area (Å²) in [5, 5.41) is 9.56. The molecule has 0 aliphatic rings. The molecule has 0 saturated carbocycles. The largest absolute Gasteiger partial charge is 0.277 e. The van der Waals surface area contributed by atoms with E-state index in [0.717, 1.165) is 49.4 Å². The SMILES string of the molecule is CC.c1ccc(-c2nc(-c3ccc4ccccc4c3)nc(-n3c4cc5ccccc5cc4c4cccc(-c5ccc6sc7ccccc7c6c5)c43)n2)cc1. The Morgan fingerprint density at radius 3 is 1.85 bits per heavy atom. The minimum Gasteiger partial charge on any atom is -0.277 e. The van der Waals surface area contributed by atoms with Crippen molar-refractivity contribution in [2.45, 2.75) is 13.8 Å². The van der Waals surface area contributed by atoms with Crippen LogP contribution in [-0.2, 0) is 0 Å². The Balaban J connectivity index is 0.00000178. The molecule has 0 saturated heterocycles. The molecule has 8 aromatic carbocycles. The van der Waals surface area contributed by atoms with Crippen LogP contribution in [0.3, 0.4) is 0 Å². The highest BCUT2D eigenvalue weighted by Crippen LogP contribution is 2.42. The van der Waals surface area contributed by atoms with Crippen molar-refractivity contribution in [2.75, 3.05) is 0 Å². The standard InChI is InChI=1S/C47H28N4S.C2H6/c1-2-12-30(13-3-1)45-48-46(35-22-21-29-11-4-5-14-31(29)25-35)50-47(49-45)51-41-28-33-16-7-6-15-32(33)26-39(41)38-19-10-18-36(44(38)51)34-23-24-43-40(27-34)37-17-8-9-20-42(37)52-43;1-2/h1-28H;1-2H3. The topological polar surface area (TPSA) is 43.6 Å². The van der Waals surface area contributed by atoms with Crippen LogP contribution >= 0.6 is 11.3 Å². The van der Waals surface area contributed by atoms with Gasteiger partial charge in [-0.15, -0.1) is 11.3 Å². The second-order valence-electron chi connectivity index (χ2n) is 13.3. The Labute approximate surface area is 316 Å². The van der Waals surface area contributed by atoms with E-state index in [0.29, 0.717) is 17.6 Å². The average molecular weight is 711 g/mol. The molecular formula is C49H34N4S. The zero-order valence-corrected chi connectivity index (χ0v) is 30.7. The molecule has 256 valence electrons. The lowest BCUT2D eigenvalue weighted by Crippen LogP contribution is -2.07. The number of aromatic nitrogens is 4. The fourth-order valence-electron chi connectivity index (χ4n) is 7.72. The van der Waals surface area contributed by atoms with Gasteiger partial charge in [0.1, 0.15) is 0 Å². The number of rotatable bonds is 4. The molecule has 54 heavy (non-hydrogen) atoms. The minimum atomic E-state index is 0.585. The highest BCUT2D eigenvalue weighted by molar-refractivity contribution is 7.25. The van der Waals surface area contributed by atoms with Gasteiger partial charge in [-0.2, -0.15) is 9.97 Å². The van der Waals surface area contributed by atoms with Gasteiger partial charge in [-0.1, -0.05) is 147 Å². The van der Waals surface area contributed by atoms with Crippen molar-refractivity contribution in [3.8, 4) is 39.9 Å². The van der Waals surface area contributed by atoms with Crippen molar-refractivity contribution in [1.29, 1.82) is 0 Å². The highest BCUT2D eigenvalue weighted by Gasteiger charge is 2.21. The Bertz CT molecular complexity index is 3190. The van der Waals surface area contributed by atoms with E-state index < -0.39 is 0 Å². The summed E-state index contributed by atoms with van der Waals surface area (Å²) >= 11 is 1.84. The van der Waals surface area contributed by atoms with Crippen molar-refractivity contribution in [3.05, 3.63) is 170 Å². The lowest BCUT2D eigenvalue weighted by molar-refractivity contribution is 0.954. The van der Waals surface area contributed by atoms with Crippen molar-refractivity contribution < 1.29 is 0 Å². The van der Waals surface area contributed by atoms with Crippen LogP contribution in [0.2, 0.25) is 0 Å². The first-order valence-electron chi connectivity index (χ1n) is 18.4. The molecule has 0 bridgehead atoms. The van der Waals surface area contributed by atoms with Crippen molar-refractivity contribution in [3.63, 3.8) is 0 Å². The smallest absolute Gasteiger partial charge is 0.238 e. The van der Waals surface area contributed by atoms with Crippen molar-refractivity contribution >= 4 is 74.9 Å². The van der Waals surface area contributed by atoms with Gasteiger partial charge in [-0.25, -0.2) is 4.98 Å². The zero-order valence-electron chi connectivity index (χ0n) is 29.9. The predicted octanol–water partition coefficient (Wildman–Crippen LogP) is 13.7. The van der Waals surface area contributed by atoms with Crippen LogP contribution in [0.15, 0.2) is 170 Å². The molecule has 11 rings (SSSR count). The fraction of sp³-hybridized carbons (Fsp3) is 0.0408. The second-order valence-corrected chi connectivity index (χ2v) is 14.4. The fourth-order valence-corrected chi connectivity index (χ4v) is 8.81. The molecule has 0 aliphatic carbocycles. The van der Waals surface area contributed by atoms with Crippen LogP contribution in [-0.4, -0.2) is 19.5 Å². The van der Waals surface area contributed by atoms with Gasteiger partial charge >= 0.3 is 0 Å². The van der Waals surface area contributed by atoms with Crippen LogP contribution in [0.4, 0.5) is 0 Å². The maximum Gasteiger partial charge on any atom is 0.238 e. The molecule has 3 aromatic heterocycles. The van der Waals surface area contributed by atoms with Crippen LogP contribution in [0.5, 0.6) is 0 Å². The molecule has 3 heterocycles. The van der Waals surface area contributed by atoms with Gasteiger partial charge in [0.05, 0.1) is 11.0 Å². The number of fused-ring (bicyclic) bond motifs is 8. The molecule has 0 N–H and O–H groups in total. The molecule has 0 atom stereocenters. The third-order valence-corrected chi connectivity index (χ3v) is 11.4. The normalized spacial score (nSPS) is 11.5. The van der Waals surface area contributed by atoms with E-state index in [9.17, 15) is 0 Å². The third-order valence-electron chi connectivity index (χ3n) is 10.2. The summed E-state index contributed by atoms with van der Waals surface area (Å²) in [6.45, 7) is 4.00. The first-order chi connectivity index (χ1) is 26.7. The van der Waals surface area contributed by atoms with Crippen LogP contribution in [0, 0.1) is 0 Å². The molecule has 0 spiro atoms. The molecule has 0 unspecified atom stereocenters. The number of thiophene rings is 1. The molecular weight excluding hydrogens is 677 g/mol. The number of para-hydroxylation sites is 1. The molecule has 11 aromatic rings. The molecule has 0 amide bonds. The second kappa shape index (κ2) is 13.1. The van der Waals surface area contributed by atoms with Crippen LogP contribution in [0.25, 0.3) is 103 Å². The van der Waals surface area contributed by atoms with E-state index in [1.54, 1.807) is 0 Å². The average Bonchev–Trinajstić information content (AvgIpc) is 3.78. The number of hydrogen-bond donors (Lipinski definition) is 0. The van der Waals surface area contributed by atoms with E-state index in [1.165, 1.54) is 36.3 Å².